The Kier molecular flexibility index (Phi) is 5.62. The van der Waals surface area contributed by atoms with Crippen LogP contribution in [0.3, 0.4) is 0 Å². The standard InChI is InChI=1S/C12H19BrN2O2S/c1-4-14-8-10(3)18(16,17)15-11-6-5-9(2)12(13)7-11/h5-7,10,14-15H,4,8H2,1-3H3. The van der Waals surface area contributed by atoms with E-state index in [1.165, 1.54) is 0 Å². The van der Waals surface area contributed by atoms with Crippen molar-refractivity contribution in [3.05, 3.63) is 28.2 Å². The maximum atomic E-state index is 12.0. The minimum atomic E-state index is -3.35. The van der Waals surface area contributed by atoms with Gasteiger partial charge >= 0.3 is 0 Å². The number of halogens is 1. The third-order valence-corrected chi connectivity index (χ3v) is 5.24. The van der Waals surface area contributed by atoms with Crippen LogP contribution in [0.5, 0.6) is 0 Å². The normalized spacial score (nSPS) is 13.3. The Morgan fingerprint density at radius 1 is 1.39 bits per heavy atom. The summed E-state index contributed by atoms with van der Waals surface area (Å²) in [6.45, 7) is 6.79. The molecule has 102 valence electrons. The number of sulfonamides is 1. The summed E-state index contributed by atoms with van der Waals surface area (Å²) in [5.74, 6) is 0. The first kappa shape index (κ1) is 15.5. The lowest BCUT2D eigenvalue weighted by Gasteiger charge is -2.15. The average Bonchev–Trinajstić information content (AvgIpc) is 2.30. The van der Waals surface area contributed by atoms with Crippen LogP contribution in [0.2, 0.25) is 0 Å². The fourth-order valence-electron chi connectivity index (χ4n) is 1.38. The maximum absolute atomic E-state index is 12.0. The summed E-state index contributed by atoms with van der Waals surface area (Å²) in [4.78, 5) is 0. The molecule has 0 saturated heterocycles. The van der Waals surface area contributed by atoms with E-state index in [9.17, 15) is 8.42 Å². The SMILES string of the molecule is CCNCC(C)S(=O)(=O)Nc1ccc(C)c(Br)c1. The zero-order valence-corrected chi connectivity index (χ0v) is 13.2. The van der Waals surface area contributed by atoms with Gasteiger partial charge in [0.05, 0.1) is 5.25 Å². The molecule has 0 heterocycles. The van der Waals surface area contributed by atoms with E-state index in [4.69, 9.17) is 0 Å². The first-order valence-corrected chi connectivity index (χ1v) is 8.19. The molecule has 1 unspecified atom stereocenters. The lowest BCUT2D eigenvalue weighted by Crippen LogP contribution is -2.34. The van der Waals surface area contributed by atoms with Gasteiger partial charge in [0.1, 0.15) is 0 Å². The van der Waals surface area contributed by atoms with E-state index < -0.39 is 15.3 Å². The van der Waals surface area contributed by atoms with Gasteiger partial charge in [0.15, 0.2) is 0 Å². The fourth-order valence-corrected chi connectivity index (χ4v) is 2.75. The number of hydrogen-bond donors (Lipinski definition) is 2. The Morgan fingerprint density at radius 3 is 2.61 bits per heavy atom. The van der Waals surface area contributed by atoms with Crippen molar-refractivity contribution in [3.8, 4) is 0 Å². The van der Waals surface area contributed by atoms with Crippen molar-refractivity contribution in [3.63, 3.8) is 0 Å². The minimum absolute atomic E-state index is 0.443. The molecule has 0 aromatic heterocycles. The van der Waals surface area contributed by atoms with Crippen LogP contribution >= 0.6 is 15.9 Å². The molecule has 6 heteroatoms. The van der Waals surface area contributed by atoms with Crippen molar-refractivity contribution in [2.45, 2.75) is 26.0 Å². The van der Waals surface area contributed by atoms with Crippen LogP contribution in [0.4, 0.5) is 5.69 Å². The number of nitrogens with one attached hydrogen (secondary N) is 2. The predicted octanol–water partition coefficient (Wildman–Crippen LogP) is 2.50. The Bertz CT molecular complexity index is 503. The highest BCUT2D eigenvalue weighted by Gasteiger charge is 2.20. The fraction of sp³-hybridized carbons (Fsp3) is 0.500. The molecule has 0 fully saturated rings. The molecule has 1 rings (SSSR count). The molecule has 1 atom stereocenters. The van der Waals surface area contributed by atoms with Crippen molar-refractivity contribution in [2.24, 2.45) is 0 Å². The van der Waals surface area contributed by atoms with Crippen LogP contribution in [-0.2, 0) is 10.0 Å². The van der Waals surface area contributed by atoms with Crippen LogP contribution in [0.15, 0.2) is 22.7 Å². The highest BCUT2D eigenvalue weighted by Crippen LogP contribution is 2.21. The number of hydrogen-bond acceptors (Lipinski definition) is 3. The predicted molar refractivity (Wildman–Crippen MR) is 79.4 cm³/mol. The topological polar surface area (TPSA) is 58.2 Å². The number of aryl methyl sites for hydroxylation is 1. The van der Waals surface area contributed by atoms with Gasteiger partial charge in [0, 0.05) is 16.7 Å². The second kappa shape index (κ2) is 6.54. The molecular formula is C12H19BrN2O2S. The second-order valence-electron chi connectivity index (χ2n) is 4.23. The van der Waals surface area contributed by atoms with Gasteiger partial charge in [0.2, 0.25) is 10.0 Å². The first-order chi connectivity index (χ1) is 8.36. The van der Waals surface area contributed by atoms with Crippen molar-refractivity contribution in [1.29, 1.82) is 0 Å². The van der Waals surface area contributed by atoms with Gasteiger partial charge in [-0.25, -0.2) is 8.42 Å². The Balaban J connectivity index is 2.78. The summed E-state index contributed by atoms with van der Waals surface area (Å²) in [7, 11) is -3.35. The number of rotatable bonds is 6. The van der Waals surface area contributed by atoms with E-state index in [2.05, 4.69) is 26.0 Å². The van der Waals surface area contributed by atoms with Crippen molar-refractivity contribution in [2.75, 3.05) is 17.8 Å². The van der Waals surface area contributed by atoms with E-state index in [0.29, 0.717) is 12.2 Å². The van der Waals surface area contributed by atoms with Crippen molar-refractivity contribution in [1.82, 2.24) is 5.32 Å². The number of benzene rings is 1. The van der Waals surface area contributed by atoms with Gasteiger partial charge in [-0.15, -0.1) is 0 Å². The zero-order chi connectivity index (χ0) is 13.8. The van der Waals surface area contributed by atoms with E-state index in [-0.39, 0.29) is 0 Å². The largest absolute Gasteiger partial charge is 0.316 e. The summed E-state index contributed by atoms with van der Waals surface area (Å²) in [5.41, 5.74) is 1.65. The summed E-state index contributed by atoms with van der Waals surface area (Å²) in [6.07, 6.45) is 0. The summed E-state index contributed by atoms with van der Waals surface area (Å²) in [6, 6.07) is 5.40. The third kappa shape index (κ3) is 4.26. The van der Waals surface area contributed by atoms with Crippen LogP contribution < -0.4 is 10.0 Å². The minimum Gasteiger partial charge on any atom is -0.316 e. The molecule has 0 aliphatic carbocycles. The molecule has 0 amide bonds. The molecule has 1 aromatic rings. The smallest absolute Gasteiger partial charge is 0.236 e. The molecule has 4 nitrogen and oxygen atoms in total. The monoisotopic (exact) mass is 334 g/mol. The molecule has 0 spiro atoms. The molecule has 0 aliphatic heterocycles. The maximum Gasteiger partial charge on any atom is 0.236 e. The molecule has 0 saturated carbocycles. The summed E-state index contributed by atoms with van der Waals surface area (Å²) in [5, 5.41) is 2.56. The van der Waals surface area contributed by atoms with Crippen molar-refractivity contribution < 1.29 is 8.42 Å². The van der Waals surface area contributed by atoms with E-state index in [1.807, 2.05) is 19.9 Å². The van der Waals surface area contributed by atoms with Gasteiger partial charge in [0.25, 0.3) is 0 Å². The van der Waals surface area contributed by atoms with Crippen molar-refractivity contribution >= 4 is 31.6 Å². The Hall–Kier alpha value is -0.590. The van der Waals surface area contributed by atoms with Crippen LogP contribution in [0.1, 0.15) is 19.4 Å². The van der Waals surface area contributed by atoms with Gasteiger partial charge in [-0.2, -0.15) is 0 Å². The Labute approximate surface area is 117 Å². The molecule has 1 aromatic carbocycles. The van der Waals surface area contributed by atoms with Gasteiger partial charge < -0.3 is 5.32 Å². The van der Waals surface area contributed by atoms with Crippen LogP contribution in [0, 0.1) is 6.92 Å². The van der Waals surface area contributed by atoms with E-state index in [0.717, 1.165) is 16.6 Å². The highest BCUT2D eigenvalue weighted by molar-refractivity contribution is 9.10. The van der Waals surface area contributed by atoms with Gasteiger partial charge in [-0.1, -0.05) is 28.9 Å². The molecule has 0 radical (unpaired) electrons. The molecule has 18 heavy (non-hydrogen) atoms. The number of anilines is 1. The zero-order valence-electron chi connectivity index (χ0n) is 10.8. The first-order valence-electron chi connectivity index (χ1n) is 5.85. The average molecular weight is 335 g/mol. The molecule has 0 aliphatic rings. The quantitative estimate of drug-likeness (QED) is 0.840. The molecular weight excluding hydrogens is 316 g/mol. The second-order valence-corrected chi connectivity index (χ2v) is 7.18. The lowest BCUT2D eigenvalue weighted by molar-refractivity contribution is 0.579. The summed E-state index contributed by atoms with van der Waals surface area (Å²) < 4.78 is 27.6. The van der Waals surface area contributed by atoms with Gasteiger partial charge in [-0.3, -0.25) is 4.72 Å². The molecule has 0 bridgehead atoms. The third-order valence-electron chi connectivity index (χ3n) is 2.64. The Morgan fingerprint density at radius 2 is 2.06 bits per heavy atom. The van der Waals surface area contributed by atoms with Gasteiger partial charge in [-0.05, 0) is 38.1 Å². The van der Waals surface area contributed by atoms with E-state index >= 15 is 0 Å². The highest BCUT2D eigenvalue weighted by atomic mass is 79.9. The van der Waals surface area contributed by atoms with Crippen LogP contribution in [-0.4, -0.2) is 26.8 Å². The van der Waals surface area contributed by atoms with Crippen LogP contribution in [0.25, 0.3) is 0 Å². The molecule has 2 N–H and O–H groups in total. The lowest BCUT2D eigenvalue weighted by atomic mass is 10.2. The van der Waals surface area contributed by atoms with E-state index in [1.54, 1.807) is 19.1 Å². The summed E-state index contributed by atoms with van der Waals surface area (Å²) >= 11 is 3.39.